The fourth-order valence-corrected chi connectivity index (χ4v) is 1.71. The average molecular weight is 260 g/mol. The highest BCUT2D eigenvalue weighted by molar-refractivity contribution is 5.87. The molecular weight excluding hydrogens is 244 g/mol. The van der Waals surface area contributed by atoms with E-state index in [1.165, 1.54) is 11.8 Å². The number of aromatic carboxylic acids is 1. The van der Waals surface area contributed by atoms with E-state index in [1.54, 1.807) is 16.8 Å². The van der Waals surface area contributed by atoms with Crippen LogP contribution in [0.25, 0.3) is 0 Å². The number of aryl methyl sites for hydroxylation is 1. The molecule has 2 aromatic heterocycles. The lowest BCUT2D eigenvalue weighted by atomic mass is 10.2. The Balaban J connectivity index is 1.75. The van der Waals surface area contributed by atoms with Crippen LogP contribution in [0, 0.1) is 0 Å². The van der Waals surface area contributed by atoms with Crippen molar-refractivity contribution in [1.82, 2.24) is 20.1 Å². The van der Waals surface area contributed by atoms with Gasteiger partial charge in [0, 0.05) is 26.0 Å². The maximum absolute atomic E-state index is 10.7. The lowest BCUT2D eigenvalue weighted by Crippen LogP contribution is -2.17. The molecule has 0 saturated carbocycles. The van der Waals surface area contributed by atoms with Gasteiger partial charge in [0.1, 0.15) is 0 Å². The second kappa shape index (κ2) is 6.10. The SMILES string of the molecule is Cn1cc(CCNCc2ccc(C(=O)O)cn2)cn1. The summed E-state index contributed by atoms with van der Waals surface area (Å²) >= 11 is 0. The van der Waals surface area contributed by atoms with Crippen LogP contribution in [-0.4, -0.2) is 32.4 Å². The Morgan fingerprint density at radius 3 is 2.84 bits per heavy atom. The molecular formula is C13H16N4O2. The third-order valence-electron chi connectivity index (χ3n) is 2.73. The smallest absolute Gasteiger partial charge is 0.337 e. The molecule has 0 unspecified atom stereocenters. The topological polar surface area (TPSA) is 80.0 Å². The van der Waals surface area contributed by atoms with Crippen LogP contribution < -0.4 is 5.32 Å². The van der Waals surface area contributed by atoms with Crippen molar-refractivity contribution in [2.45, 2.75) is 13.0 Å². The van der Waals surface area contributed by atoms with E-state index in [1.807, 2.05) is 19.4 Å². The molecule has 0 bridgehead atoms. The maximum Gasteiger partial charge on any atom is 0.337 e. The lowest BCUT2D eigenvalue weighted by Gasteiger charge is -2.03. The summed E-state index contributed by atoms with van der Waals surface area (Å²) in [6.45, 7) is 1.45. The molecule has 0 atom stereocenters. The van der Waals surface area contributed by atoms with Crippen LogP contribution in [0.5, 0.6) is 0 Å². The zero-order valence-electron chi connectivity index (χ0n) is 10.7. The number of aromatic nitrogens is 3. The second-order valence-corrected chi connectivity index (χ2v) is 4.29. The molecule has 0 spiro atoms. The van der Waals surface area contributed by atoms with Crippen LogP contribution in [0.15, 0.2) is 30.7 Å². The summed E-state index contributed by atoms with van der Waals surface area (Å²) in [7, 11) is 1.89. The predicted octanol–water partition coefficient (Wildman–Crippen LogP) is 0.846. The number of carboxylic acids is 1. The molecule has 2 N–H and O–H groups in total. The molecule has 2 rings (SSSR count). The normalized spacial score (nSPS) is 10.6. The zero-order chi connectivity index (χ0) is 13.7. The lowest BCUT2D eigenvalue weighted by molar-refractivity contribution is 0.0696. The summed E-state index contributed by atoms with van der Waals surface area (Å²) in [5, 5.41) is 16.1. The van der Waals surface area contributed by atoms with Crippen molar-refractivity contribution in [3.63, 3.8) is 0 Å². The number of carbonyl (C=O) groups is 1. The van der Waals surface area contributed by atoms with Crippen molar-refractivity contribution in [3.05, 3.63) is 47.5 Å². The molecule has 0 radical (unpaired) electrons. The van der Waals surface area contributed by atoms with Crippen molar-refractivity contribution < 1.29 is 9.90 Å². The highest BCUT2D eigenvalue weighted by Gasteiger charge is 2.02. The van der Waals surface area contributed by atoms with Crippen LogP contribution in [-0.2, 0) is 20.0 Å². The number of rotatable bonds is 6. The monoisotopic (exact) mass is 260 g/mol. The number of hydrogen-bond acceptors (Lipinski definition) is 4. The first kappa shape index (κ1) is 13.2. The van der Waals surface area contributed by atoms with E-state index in [4.69, 9.17) is 5.11 Å². The molecule has 6 nitrogen and oxygen atoms in total. The van der Waals surface area contributed by atoms with Crippen molar-refractivity contribution in [3.8, 4) is 0 Å². The zero-order valence-corrected chi connectivity index (χ0v) is 10.7. The molecule has 6 heteroatoms. The fourth-order valence-electron chi connectivity index (χ4n) is 1.71. The van der Waals surface area contributed by atoms with Gasteiger partial charge in [-0.25, -0.2) is 4.79 Å². The van der Waals surface area contributed by atoms with Gasteiger partial charge in [0.15, 0.2) is 0 Å². The quantitative estimate of drug-likeness (QED) is 0.752. The van der Waals surface area contributed by atoms with Gasteiger partial charge < -0.3 is 10.4 Å². The molecule has 0 saturated heterocycles. The summed E-state index contributed by atoms with van der Waals surface area (Å²) in [6.07, 6.45) is 6.12. The molecule has 0 amide bonds. The van der Waals surface area contributed by atoms with E-state index in [-0.39, 0.29) is 5.56 Å². The molecule has 100 valence electrons. The van der Waals surface area contributed by atoms with Crippen LogP contribution in [0.3, 0.4) is 0 Å². The number of nitrogens with zero attached hydrogens (tertiary/aromatic N) is 3. The van der Waals surface area contributed by atoms with E-state index < -0.39 is 5.97 Å². The third kappa shape index (κ3) is 3.89. The predicted molar refractivity (Wildman–Crippen MR) is 69.8 cm³/mol. The Kier molecular flexibility index (Phi) is 4.25. The van der Waals surface area contributed by atoms with Crippen molar-refractivity contribution in [1.29, 1.82) is 0 Å². The van der Waals surface area contributed by atoms with E-state index in [9.17, 15) is 4.79 Å². The first-order chi connectivity index (χ1) is 9.15. The summed E-state index contributed by atoms with van der Waals surface area (Å²) in [6, 6.07) is 3.29. The Labute approximate surface area is 111 Å². The number of pyridine rings is 1. The van der Waals surface area contributed by atoms with Gasteiger partial charge in [0.05, 0.1) is 17.5 Å². The first-order valence-corrected chi connectivity index (χ1v) is 6.01. The minimum atomic E-state index is -0.955. The molecule has 19 heavy (non-hydrogen) atoms. The third-order valence-corrected chi connectivity index (χ3v) is 2.73. The van der Waals surface area contributed by atoms with Gasteiger partial charge in [0.2, 0.25) is 0 Å². The Bertz CT molecular complexity index is 548. The van der Waals surface area contributed by atoms with Crippen LogP contribution in [0.2, 0.25) is 0 Å². The Hall–Kier alpha value is -2.21. The molecule has 0 aromatic carbocycles. The Morgan fingerprint density at radius 2 is 2.26 bits per heavy atom. The summed E-state index contributed by atoms with van der Waals surface area (Å²) < 4.78 is 1.78. The van der Waals surface area contributed by atoms with Gasteiger partial charge in [-0.1, -0.05) is 0 Å². The number of nitrogens with one attached hydrogen (secondary N) is 1. The van der Waals surface area contributed by atoms with Gasteiger partial charge in [-0.05, 0) is 30.7 Å². The van der Waals surface area contributed by atoms with Gasteiger partial charge in [-0.3, -0.25) is 9.67 Å². The highest BCUT2D eigenvalue weighted by Crippen LogP contribution is 2.00. The van der Waals surface area contributed by atoms with E-state index in [0.29, 0.717) is 6.54 Å². The second-order valence-electron chi connectivity index (χ2n) is 4.29. The molecule has 0 aliphatic heterocycles. The van der Waals surface area contributed by atoms with Crippen molar-refractivity contribution in [2.24, 2.45) is 7.05 Å². The van der Waals surface area contributed by atoms with E-state index in [0.717, 1.165) is 18.7 Å². The van der Waals surface area contributed by atoms with Crippen LogP contribution in [0.1, 0.15) is 21.6 Å². The summed E-state index contributed by atoms with van der Waals surface area (Å²) in [4.78, 5) is 14.8. The van der Waals surface area contributed by atoms with Gasteiger partial charge >= 0.3 is 5.97 Å². The summed E-state index contributed by atoms with van der Waals surface area (Å²) in [5.41, 5.74) is 2.22. The molecule has 0 aliphatic rings. The van der Waals surface area contributed by atoms with Crippen LogP contribution >= 0.6 is 0 Å². The van der Waals surface area contributed by atoms with Gasteiger partial charge in [-0.2, -0.15) is 5.10 Å². The minimum absolute atomic E-state index is 0.208. The molecule has 0 fully saturated rings. The highest BCUT2D eigenvalue weighted by atomic mass is 16.4. The first-order valence-electron chi connectivity index (χ1n) is 6.01. The molecule has 2 heterocycles. The van der Waals surface area contributed by atoms with Gasteiger partial charge in [-0.15, -0.1) is 0 Å². The largest absolute Gasteiger partial charge is 0.478 e. The summed E-state index contributed by atoms with van der Waals surface area (Å²) in [5.74, 6) is -0.955. The van der Waals surface area contributed by atoms with Crippen molar-refractivity contribution in [2.75, 3.05) is 6.54 Å². The Morgan fingerprint density at radius 1 is 1.42 bits per heavy atom. The van der Waals surface area contributed by atoms with E-state index in [2.05, 4.69) is 15.4 Å². The van der Waals surface area contributed by atoms with E-state index >= 15 is 0 Å². The van der Waals surface area contributed by atoms with Crippen LogP contribution in [0.4, 0.5) is 0 Å². The molecule has 0 aliphatic carbocycles. The minimum Gasteiger partial charge on any atom is -0.478 e. The van der Waals surface area contributed by atoms with Crippen molar-refractivity contribution >= 4 is 5.97 Å². The number of carboxylic acid groups (broad SMARTS) is 1. The molecule has 2 aromatic rings. The maximum atomic E-state index is 10.7. The number of hydrogen-bond donors (Lipinski definition) is 2. The standard InChI is InChI=1S/C13H16N4O2/c1-17-9-10(6-16-17)4-5-14-8-12-3-2-11(7-15-12)13(18)19/h2-3,6-7,9,14H,4-5,8H2,1H3,(H,18,19). The fraction of sp³-hybridized carbons (Fsp3) is 0.308. The average Bonchev–Trinajstić information content (AvgIpc) is 2.81. The van der Waals surface area contributed by atoms with Gasteiger partial charge in [0.25, 0.3) is 0 Å².